The fourth-order valence-corrected chi connectivity index (χ4v) is 3.01. The number of nitrogens with zero attached hydrogens (tertiary/aromatic N) is 2. The van der Waals surface area contributed by atoms with Crippen LogP contribution in [-0.4, -0.2) is 48.6 Å². The van der Waals surface area contributed by atoms with Gasteiger partial charge in [-0.25, -0.2) is 4.99 Å². The zero-order valence-corrected chi connectivity index (χ0v) is 16.4. The van der Waals surface area contributed by atoms with Crippen LogP contribution in [0, 0.1) is 3.57 Å². The second-order valence-electron chi connectivity index (χ2n) is 4.14. The lowest BCUT2D eigenvalue weighted by Crippen LogP contribution is -2.42. The summed E-state index contributed by atoms with van der Waals surface area (Å²) in [5, 5.41) is 0. The lowest BCUT2D eigenvalue weighted by Gasteiger charge is -2.27. The van der Waals surface area contributed by atoms with Crippen LogP contribution in [-0.2, 0) is 0 Å². The molecule has 2 rings (SSSR count). The minimum atomic E-state index is 0. The van der Waals surface area contributed by atoms with Crippen molar-refractivity contribution in [2.24, 2.45) is 10.7 Å². The van der Waals surface area contributed by atoms with Gasteiger partial charge in [0.1, 0.15) is 12.4 Å². The average Bonchev–Trinajstić information content (AvgIpc) is 2.46. The van der Waals surface area contributed by atoms with E-state index < -0.39 is 0 Å². The third-order valence-corrected chi connectivity index (χ3v) is 4.44. The third-order valence-electron chi connectivity index (χ3n) is 2.78. The van der Waals surface area contributed by atoms with E-state index in [-0.39, 0.29) is 24.0 Å². The normalized spacial score (nSPS) is 15.7. The summed E-state index contributed by atoms with van der Waals surface area (Å²) in [6, 6.07) is 7.99. The fourth-order valence-electron chi connectivity index (χ4n) is 1.75. The Morgan fingerprint density at radius 1 is 1.30 bits per heavy atom. The number of aliphatic imine (C=N–C) groups is 1. The molecule has 0 spiro atoms. The molecule has 1 aromatic rings. The zero-order valence-electron chi connectivity index (χ0n) is 11.1. The highest BCUT2D eigenvalue weighted by molar-refractivity contribution is 14.1. The van der Waals surface area contributed by atoms with E-state index in [0.29, 0.717) is 19.1 Å². The Labute approximate surface area is 155 Å². The van der Waals surface area contributed by atoms with E-state index in [4.69, 9.17) is 10.5 Å². The Kier molecular flexibility index (Phi) is 9.01. The smallest absolute Gasteiger partial charge is 0.191 e. The van der Waals surface area contributed by atoms with Gasteiger partial charge in [-0.05, 0) is 46.9 Å². The van der Waals surface area contributed by atoms with E-state index >= 15 is 0 Å². The Bertz CT molecular complexity index is 422. The predicted molar refractivity (Wildman–Crippen MR) is 105 cm³/mol. The van der Waals surface area contributed by atoms with Gasteiger partial charge in [-0.2, -0.15) is 11.8 Å². The first-order valence-electron chi connectivity index (χ1n) is 6.27. The third kappa shape index (κ3) is 6.25. The SMILES string of the molecule is I.NC(=NCCOc1ccc(I)cc1)N1CCSCC1. The van der Waals surface area contributed by atoms with Crippen LogP contribution in [0.25, 0.3) is 0 Å². The Morgan fingerprint density at radius 3 is 2.60 bits per heavy atom. The van der Waals surface area contributed by atoms with Crippen LogP contribution in [0.3, 0.4) is 0 Å². The van der Waals surface area contributed by atoms with Crippen molar-refractivity contribution in [1.82, 2.24) is 4.90 Å². The number of halogens is 2. The number of nitrogens with two attached hydrogens (primary N) is 1. The van der Waals surface area contributed by atoms with Crippen LogP contribution < -0.4 is 10.5 Å². The molecule has 0 bridgehead atoms. The molecule has 0 aromatic heterocycles. The molecule has 1 aliphatic rings. The second kappa shape index (κ2) is 9.93. The second-order valence-corrected chi connectivity index (χ2v) is 6.61. The van der Waals surface area contributed by atoms with Gasteiger partial charge in [0.15, 0.2) is 5.96 Å². The van der Waals surface area contributed by atoms with Gasteiger partial charge in [-0.3, -0.25) is 0 Å². The quantitative estimate of drug-likeness (QED) is 0.288. The van der Waals surface area contributed by atoms with Gasteiger partial charge in [0, 0.05) is 28.2 Å². The molecule has 0 unspecified atom stereocenters. The van der Waals surface area contributed by atoms with Crippen LogP contribution in [0.1, 0.15) is 0 Å². The summed E-state index contributed by atoms with van der Waals surface area (Å²) in [6.45, 7) is 3.15. The molecule has 2 N–H and O–H groups in total. The summed E-state index contributed by atoms with van der Waals surface area (Å²) in [5.74, 6) is 3.79. The van der Waals surface area contributed by atoms with Gasteiger partial charge < -0.3 is 15.4 Å². The van der Waals surface area contributed by atoms with Crippen molar-refractivity contribution in [2.45, 2.75) is 0 Å². The van der Waals surface area contributed by atoms with E-state index in [1.165, 1.54) is 3.57 Å². The highest BCUT2D eigenvalue weighted by Crippen LogP contribution is 2.13. The van der Waals surface area contributed by atoms with Gasteiger partial charge in [0.2, 0.25) is 0 Å². The maximum absolute atomic E-state index is 5.96. The first-order valence-corrected chi connectivity index (χ1v) is 8.50. The largest absolute Gasteiger partial charge is 0.492 e. The highest BCUT2D eigenvalue weighted by Gasteiger charge is 2.11. The standard InChI is InChI=1S/C13H18IN3OS.HI/c14-11-1-3-12(4-2-11)18-8-5-16-13(15)17-6-9-19-10-7-17;/h1-4H,5-10H2,(H2,15,16);1H. The number of guanidine groups is 1. The first kappa shape index (κ1) is 18.1. The summed E-state index contributed by atoms with van der Waals surface area (Å²) in [7, 11) is 0. The van der Waals surface area contributed by atoms with Crippen molar-refractivity contribution in [3.8, 4) is 5.75 Å². The van der Waals surface area contributed by atoms with Crippen LogP contribution in [0.2, 0.25) is 0 Å². The van der Waals surface area contributed by atoms with Crippen molar-refractivity contribution >= 4 is 64.3 Å². The zero-order chi connectivity index (χ0) is 13.5. The summed E-state index contributed by atoms with van der Waals surface area (Å²) < 4.78 is 6.81. The molecule has 1 aliphatic heterocycles. The molecule has 4 nitrogen and oxygen atoms in total. The molecule has 1 saturated heterocycles. The van der Waals surface area contributed by atoms with Crippen molar-refractivity contribution < 1.29 is 4.74 Å². The molecule has 7 heteroatoms. The van der Waals surface area contributed by atoms with Crippen LogP contribution in [0.5, 0.6) is 5.75 Å². The molecular formula is C13H19I2N3OS. The molecule has 0 atom stereocenters. The number of thioether (sulfide) groups is 1. The van der Waals surface area contributed by atoms with E-state index in [1.807, 2.05) is 36.0 Å². The number of hydrogen-bond donors (Lipinski definition) is 1. The maximum atomic E-state index is 5.96. The van der Waals surface area contributed by atoms with Gasteiger partial charge in [0.25, 0.3) is 0 Å². The molecule has 0 aliphatic carbocycles. The number of hydrogen-bond acceptors (Lipinski definition) is 3. The maximum Gasteiger partial charge on any atom is 0.191 e. The van der Waals surface area contributed by atoms with Crippen LogP contribution in [0.4, 0.5) is 0 Å². The fraction of sp³-hybridized carbons (Fsp3) is 0.462. The van der Waals surface area contributed by atoms with Crippen LogP contribution >= 0.6 is 58.3 Å². The van der Waals surface area contributed by atoms with E-state index in [0.717, 1.165) is 30.3 Å². The van der Waals surface area contributed by atoms with Gasteiger partial charge in [-0.15, -0.1) is 24.0 Å². The van der Waals surface area contributed by atoms with Crippen molar-refractivity contribution in [3.05, 3.63) is 27.8 Å². The first-order chi connectivity index (χ1) is 9.25. The molecule has 20 heavy (non-hydrogen) atoms. The van der Waals surface area contributed by atoms with Crippen LogP contribution in [0.15, 0.2) is 29.3 Å². The molecule has 1 aromatic carbocycles. The predicted octanol–water partition coefficient (Wildman–Crippen LogP) is 2.65. The topological polar surface area (TPSA) is 50.9 Å². The minimum absolute atomic E-state index is 0. The Balaban J connectivity index is 0.00000200. The van der Waals surface area contributed by atoms with Crippen molar-refractivity contribution in [1.29, 1.82) is 0 Å². The summed E-state index contributed by atoms with van der Waals surface area (Å²) in [6.07, 6.45) is 0. The average molecular weight is 519 g/mol. The van der Waals surface area contributed by atoms with E-state index in [9.17, 15) is 0 Å². The molecular weight excluding hydrogens is 500 g/mol. The van der Waals surface area contributed by atoms with Crippen molar-refractivity contribution in [2.75, 3.05) is 37.7 Å². The minimum Gasteiger partial charge on any atom is -0.492 e. The van der Waals surface area contributed by atoms with Gasteiger partial charge in [-0.1, -0.05) is 0 Å². The molecule has 1 heterocycles. The lowest BCUT2D eigenvalue weighted by molar-refractivity contribution is 0.327. The molecule has 0 saturated carbocycles. The highest BCUT2D eigenvalue weighted by atomic mass is 127. The lowest BCUT2D eigenvalue weighted by atomic mass is 10.3. The Hall–Kier alpha value is 0.1000. The summed E-state index contributed by atoms with van der Waals surface area (Å²) in [4.78, 5) is 6.51. The molecule has 0 radical (unpaired) electrons. The Morgan fingerprint density at radius 2 is 1.95 bits per heavy atom. The van der Waals surface area contributed by atoms with Gasteiger partial charge >= 0.3 is 0 Å². The van der Waals surface area contributed by atoms with E-state index in [1.54, 1.807) is 0 Å². The number of ether oxygens (including phenoxy) is 1. The monoisotopic (exact) mass is 519 g/mol. The number of rotatable bonds is 4. The van der Waals surface area contributed by atoms with Gasteiger partial charge in [0.05, 0.1) is 6.54 Å². The molecule has 1 fully saturated rings. The number of benzene rings is 1. The van der Waals surface area contributed by atoms with Crippen molar-refractivity contribution in [3.63, 3.8) is 0 Å². The molecule has 112 valence electrons. The van der Waals surface area contributed by atoms with E-state index in [2.05, 4.69) is 32.5 Å². The summed E-state index contributed by atoms with van der Waals surface area (Å²) >= 11 is 4.24. The molecule has 0 amide bonds. The summed E-state index contributed by atoms with van der Waals surface area (Å²) in [5.41, 5.74) is 5.96.